The van der Waals surface area contributed by atoms with E-state index < -0.39 is 17.2 Å². The Balaban J connectivity index is 1.82. The summed E-state index contributed by atoms with van der Waals surface area (Å²) >= 11 is 0. The van der Waals surface area contributed by atoms with Crippen LogP contribution >= 0.6 is 0 Å². The summed E-state index contributed by atoms with van der Waals surface area (Å²) in [6.45, 7) is 7.68. The Morgan fingerprint density at radius 2 is 1.66 bits per heavy atom. The van der Waals surface area contributed by atoms with Gasteiger partial charge in [-0.1, -0.05) is 55.5 Å². The average Bonchev–Trinajstić information content (AvgIpc) is 2.67. The fourth-order valence-corrected chi connectivity index (χ4v) is 4.23. The van der Waals surface area contributed by atoms with Gasteiger partial charge in [-0.25, -0.2) is 0 Å². The van der Waals surface area contributed by atoms with Gasteiger partial charge in [0.15, 0.2) is 0 Å². The molecule has 0 amide bonds. The Kier molecular flexibility index (Phi) is 6.39. The summed E-state index contributed by atoms with van der Waals surface area (Å²) in [5.41, 5.74) is 0.452. The number of benzene rings is 2. The zero-order chi connectivity index (χ0) is 21.1. The van der Waals surface area contributed by atoms with Crippen molar-refractivity contribution in [1.82, 2.24) is 5.32 Å². The highest BCUT2D eigenvalue weighted by molar-refractivity contribution is 5.40. The molecule has 2 aromatic carbocycles. The normalized spacial score (nSPS) is 21.5. The van der Waals surface area contributed by atoms with Gasteiger partial charge in [0, 0.05) is 18.1 Å². The van der Waals surface area contributed by atoms with E-state index in [0.717, 1.165) is 37.6 Å². The SMILES string of the molecule is CC1(C)C[C@H](NCC[C@@](C)(c2ccccc2)c2cccc(C(F)(F)F)c2)CCO1. The van der Waals surface area contributed by atoms with Gasteiger partial charge in [-0.05, 0) is 56.8 Å². The van der Waals surface area contributed by atoms with Crippen LogP contribution in [-0.4, -0.2) is 24.8 Å². The van der Waals surface area contributed by atoms with Crippen LogP contribution in [0.2, 0.25) is 0 Å². The first kappa shape index (κ1) is 21.8. The van der Waals surface area contributed by atoms with Crippen LogP contribution in [0.5, 0.6) is 0 Å². The highest BCUT2D eigenvalue weighted by atomic mass is 19.4. The zero-order valence-corrected chi connectivity index (χ0v) is 17.4. The second kappa shape index (κ2) is 8.49. The molecule has 0 aromatic heterocycles. The summed E-state index contributed by atoms with van der Waals surface area (Å²) in [4.78, 5) is 0. The van der Waals surface area contributed by atoms with Crippen molar-refractivity contribution >= 4 is 0 Å². The fraction of sp³-hybridized carbons (Fsp3) is 0.500. The zero-order valence-electron chi connectivity index (χ0n) is 17.4. The van der Waals surface area contributed by atoms with Gasteiger partial charge in [0.2, 0.25) is 0 Å². The van der Waals surface area contributed by atoms with Crippen LogP contribution in [0.15, 0.2) is 54.6 Å². The number of alkyl halides is 3. The molecule has 0 spiro atoms. The third kappa shape index (κ3) is 5.40. The van der Waals surface area contributed by atoms with Gasteiger partial charge < -0.3 is 10.1 Å². The molecule has 0 bridgehead atoms. The van der Waals surface area contributed by atoms with E-state index in [1.807, 2.05) is 37.3 Å². The van der Waals surface area contributed by atoms with Crippen LogP contribution in [0.4, 0.5) is 13.2 Å². The first-order valence-corrected chi connectivity index (χ1v) is 10.2. The molecule has 0 saturated carbocycles. The van der Waals surface area contributed by atoms with E-state index in [4.69, 9.17) is 4.74 Å². The third-order valence-electron chi connectivity index (χ3n) is 5.99. The number of rotatable bonds is 6. The Morgan fingerprint density at radius 3 is 2.31 bits per heavy atom. The molecule has 0 aliphatic carbocycles. The van der Waals surface area contributed by atoms with E-state index in [1.165, 1.54) is 12.1 Å². The van der Waals surface area contributed by atoms with Crippen molar-refractivity contribution in [1.29, 1.82) is 0 Å². The van der Waals surface area contributed by atoms with Crippen molar-refractivity contribution in [3.63, 3.8) is 0 Å². The van der Waals surface area contributed by atoms with E-state index in [9.17, 15) is 13.2 Å². The molecular weight excluding hydrogens is 375 g/mol. The first-order valence-electron chi connectivity index (χ1n) is 10.2. The fourth-order valence-electron chi connectivity index (χ4n) is 4.23. The number of halogens is 3. The van der Waals surface area contributed by atoms with Crippen molar-refractivity contribution in [2.45, 2.75) is 63.3 Å². The van der Waals surface area contributed by atoms with E-state index in [0.29, 0.717) is 18.0 Å². The van der Waals surface area contributed by atoms with Gasteiger partial charge in [0.05, 0.1) is 11.2 Å². The summed E-state index contributed by atoms with van der Waals surface area (Å²) in [5.74, 6) is 0. The Labute approximate surface area is 171 Å². The molecule has 1 saturated heterocycles. The van der Waals surface area contributed by atoms with Gasteiger partial charge in [-0.15, -0.1) is 0 Å². The lowest BCUT2D eigenvalue weighted by molar-refractivity contribution is -0.137. The molecule has 1 aliphatic heterocycles. The Hall–Kier alpha value is -1.85. The molecule has 158 valence electrons. The Bertz CT molecular complexity index is 803. The van der Waals surface area contributed by atoms with E-state index >= 15 is 0 Å². The molecule has 0 radical (unpaired) electrons. The van der Waals surface area contributed by atoms with Gasteiger partial charge >= 0.3 is 6.18 Å². The van der Waals surface area contributed by atoms with Gasteiger partial charge in [-0.2, -0.15) is 13.2 Å². The molecule has 1 fully saturated rings. The second-order valence-electron chi connectivity index (χ2n) is 8.78. The van der Waals surface area contributed by atoms with Crippen LogP contribution < -0.4 is 5.32 Å². The smallest absolute Gasteiger partial charge is 0.375 e. The third-order valence-corrected chi connectivity index (χ3v) is 5.99. The van der Waals surface area contributed by atoms with Crippen molar-refractivity contribution in [2.24, 2.45) is 0 Å². The van der Waals surface area contributed by atoms with Crippen LogP contribution in [-0.2, 0) is 16.3 Å². The lowest BCUT2D eigenvalue weighted by Crippen LogP contribution is -2.44. The van der Waals surface area contributed by atoms with E-state index in [-0.39, 0.29) is 5.60 Å². The summed E-state index contributed by atoms with van der Waals surface area (Å²) in [5, 5.41) is 3.62. The van der Waals surface area contributed by atoms with Crippen LogP contribution in [0, 0.1) is 0 Å². The van der Waals surface area contributed by atoms with Crippen molar-refractivity contribution in [3.8, 4) is 0 Å². The van der Waals surface area contributed by atoms with Gasteiger partial charge in [-0.3, -0.25) is 0 Å². The summed E-state index contributed by atoms with van der Waals surface area (Å²) in [6, 6.07) is 15.9. The van der Waals surface area contributed by atoms with Gasteiger partial charge in [0.25, 0.3) is 0 Å². The van der Waals surface area contributed by atoms with Crippen LogP contribution in [0.3, 0.4) is 0 Å². The van der Waals surface area contributed by atoms with Crippen molar-refractivity contribution in [3.05, 3.63) is 71.3 Å². The molecule has 2 nitrogen and oxygen atoms in total. The molecule has 3 rings (SSSR count). The summed E-state index contributed by atoms with van der Waals surface area (Å²) < 4.78 is 45.7. The van der Waals surface area contributed by atoms with Crippen molar-refractivity contribution < 1.29 is 17.9 Å². The quantitative estimate of drug-likeness (QED) is 0.641. The summed E-state index contributed by atoms with van der Waals surface area (Å²) in [7, 11) is 0. The van der Waals surface area contributed by atoms with Gasteiger partial charge in [0.1, 0.15) is 0 Å². The number of hydrogen-bond acceptors (Lipinski definition) is 2. The summed E-state index contributed by atoms with van der Waals surface area (Å²) in [6.07, 6.45) is -1.76. The molecule has 0 unspecified atom stereocenters. The molecule has 1 heterocycles. The molecule has 29 heavy (non-hydrogen) atoms. The highest BCUT2D eigenvalue weighted by Crippen LogP contribution is 2.38. The van der Waals surface area contributed by atoms with Crippen LogP contribution in [0.1, 0.15) is 56.7 Å². The largest absolute Gasteiger partial charge is 0.416 e. The molecule has 1 N–H and O–H groups in total. The second-order valence-corrected chi connectivity index (χ2v) is 8.78. The minimum Gasteiger partial charge on any atom is -0.375 e. The van der Waals surface area contributed by atoms with E-state index in [2.05, 4.69) is 19.2 Å². The Morgan fingerprint density at radius 1 is 1.00 bits per heavy atom. The predicted octanol–water partition coefficient (Wildman–Crippen LogP) is 5.95. The maximum absolute atomic E-state index is 13.3. The maximum atomic E-state index is 13.3. The standard InChI is InChI=1S/C24H30F3NO/c1-22(2)17-21(12-15-29-22)28-14-13-23(3,18-8-5-4-6-9-18)19-10-7-11-20(16-19)24(25,26)27/h4-11,16,21,28H,12-15,17H2,1-3H3/t21-,23+/m1/s1. The first-order chi connectivity index (χ1) is 13.6. The average molecular weight is 406 g/mol. The minimum atomic E-state index is -4.35. The highest BCUT2D eigenvalue weighted by Gasteiger charge is 2.35. The maximum Gasteiger partial charge on any atom is 0.416 e. The molecule has 5 heteroatoms. The number of ether oxygens (including phenoxy) is 1. The lowest BCUT2D eigenvalue weighted by atomic mass is 9.73. The predicted molar refractivity (Wildman–Crippen MR) is 110 cm³/mol. The van der Waals surface area contributed by atoms with Crippen molar-refractivity contribution in [2.75, 3.05) is 13.2 Å². The lowest BCUT2D eigenvalue weighted by Gasteiger charge is -2.37. The molecule has 2 aromatic rings. The minimum absolute atomic E-state index is 0.139. The topological polar surface area (TPSA) is 21.3 Å². The van der Waals surface area contributed by atoms with E-state index in [1.54, 1.807) is 6.07 Å². The number of nitrogens with one attached hydrogen (secondary N) is 1. The number of hydrogen-bond donors (Lipinski definition) is 1. The molecular formula is C24H30F3NO. The molecule has 2 atom stereocenters. The van der Waals surface area contributed by atoms with Crippen LogP contribution in [0.25, 0.3) is 0 Å². The molecule has 1 aliphatic rings. The monoisotopic (exact) mass is 405 g/mol.